The summed E-state index contributed by atoms with van der Waals surface area (Å²) in [4.78, 5) is 10.8. The molecule has 0 aromatic rings. The molecule has 0 aromatic carbocycles. The van der Waals surface area contributed by atoms with Gasteiger partial charge < -0.3 is 9.84 Å². The van der Waals surface area contributed by atoms with E-state index in [-0.39, 0.29) is 5.60 Å². The number of aliphatic carboxylic acids is 1. The average molecular weight is 172 g/mol. The van der Waals surface area contributed by atoms with Gasteiger partial charge in [0.05, 0.1) is 5.60 Å². The van der Waals surface area contributed by atoms with E-state index in [0.717, 1.165) is 12.8 Å². The Balaban J connectivity index is 2.73. The first-order chi connectivity index (χ1) is 5.42. The lowest BCUT2D eigenvalue weighted by atomic mass is 9.96. The Bertz CT molecular complexity index is 202. The molecule has 0 radical (unpaired) electrons. The highest BCUT2D eigenvalue weighted by Gasteiger charge is 2.47. The standard InChI is InChI=1S/C9H16O3/c1-4-8(2)5-6-9(3,12-8)7(10)11/h4-6H2,1-3H3,(H,10,11). The van der Waals surface area contributed by atoms with Crippen molar-refractivity contribution in [3.63, 3.8) is 0 Å². The van der Waals surface area contributed by atoms with Crippen molar-refractivity contribution in [3.8, 4) is 0 Å². The van der Waals surface area contributed by atoms with Crippen molar-refractivity contribution >= 4 is 5.97 Å². The normalized spacial score (nSPS) is 41.6. The molecule has 3 nitrogen and oxygen atoms in total. The molecule has 0 bridgehead atoms. The lowest BCUT2D eigenvalue weighted by Crippen LogP contribution is -2.37. The SMILES string of the molecule is CCC1(C)CCC(C)(C(=O)O)O1. The maximum Gasteiger partial charge on any atom is 0.335 e. The van der Waals surface area contributed by atoms with Gasteiger partial charge in [-0.2, -0.15) is 0 Å². The summed E-state index contributed by atoms with van der Waals surface area (Å²) >= 11 is 0. The van der Waals surface area contributed by atoms with E-state index in [1.807, 2.05) is 13.8 Å². The van der Waals surface area contributed by atoms with Crippen molar-refractivity contribution in [1.82, 2.24) is 0 Å². The summed E-state index contributed by atoms with van der Waals surface area (Å²) in [6, 6.07) is 0. The lowest BCUT2D eigenvalue weighted by molar-refractivity contribution is -0.169. The molecule has 12 heavy (non-hydrogen) atoms. The quantitative estimate of drug-likeness (QED) is 0.691. The highest BCUT2D eigenvalue weighted by Crippen LogP contribution is 2.39. The summed E-state index contributed by atoms with van der Waals surface area (Å²) in [5.41, 5.74) is -1.18. The smallest absolute Gasteiger partial charge is 0.335 e. The number of hydrogen-bond acceptors (Lipinski definition) is 2. The monoisotopic (exact) mass is 172 g/mol. The van der Waals surface area contributed by atoms with Crippen molar-refractivity contribution in [2.75, 3.05) is 0 Å². The Hall–Kier alpha value is -0.570. The number of carboxylic acids is 1. The van der Waals surface area contributed by atoms with Crippen molar-refractivity contribution in [2.45, 2.75) is 51.2 Å². The van der Waals surface area contributed by atoms with Crippen LogP contribution in [0, 0.1) is 0 Å². The van der Waals surface area contributed by atoms with Crippen LogP contribution in [0.5, 0.6) is 0 Å². The number of hydrogen-bond donors (Lipinski definition) is 1. The van der Waals surface area contributed by atoms with E-state index >= 15 is 0 Å². The van der Waals surface area contributed by atoms with Crippen LogP contribution in [0.1, 0.15) is 40.0 Å². The summed E-state index contributed by atoms with van der Waals surface area (Å²) in [6.45, 7) is 5.64. The van der Waals surface area contributed by atoms with E-state index in [1.54, 1.807) is 6.92 Å². The maximum absolute atomic E-state index is 10.8. The molecule has 0 spiro atoms. The van der Waals surface area contributed by atoms with E-state index < -0.39 is 11.6 Å². The third-order valence-corrected chi connectivity index (χ3v) is 2.80. The number of carboxylic acid groups (broad SMARTS) is 1. The largest absolute Gasteiger partial charge is 0.479 e. The van der Waals surface area contributed by atoms with E-state index in [2.05, 4.69) is 0 Å². The van der Waals surface area contributed by atoms with Crippen molar-refractivity contribution in [2.24, 2.45) is 0 Å². The summed E-state index contributed by atoms with van der Waals surface area (Å²) < 4.78 is 5.55. The average Bonchev–Trinajstić information content (AvgIpc) is 2.30. The second-order valence-corrected chi connectivity index (χ2v) is 3.94. The zero-order valence-corrected chi connectivity index (χ0v) is 7.89. The Morgan fingerprint density at radius 3 is 2.33 bits per heavy atom. The zero-order chi connectivity index (χ0) is 9.41. The van der Waals surface area contributed by atoms with Gasteiger partial charge in [0.1, 0.15) is 0 Å². The van der Waals surface area contributed by atoms with Crippen LogP contribution in [0.25, 0.3) is 0 Å². The molecule has 3 heteroatoms. The molecule has 2 atom stereocenters. The second kappa shape index (κ2) is 2.73. The molecule has 1 saturated heterocycles. The van der Waals surface area contributed by atoms with Crippen LogP contribution in [-0.2, 0) is 9.53 Å². The van der Waals surface area contributed by atoms with Crippen LogP contribution >= 0.6 is 0 Å². The molecule has 0 amide bonds. The Kier molecular flexibility index (Phi) is 2.17. The fourth-order valence-corrected chi connectivity index (χ4v) is 1.55. The lowest BCUT2D eigenvalue weighted by Gasteiger charge is -2.26. The summed E-state index contributed by atoms with van der Waals surface area (Å²) in [5.74, 6) is -0.848. The molecule has 1 rings (SSSR count). The number of carbonyl (C=O) groups is 1. The van der Waals surface area contributed by atoms with E-state index in [0.29, 0.717) is 6.42 Å². The molecule has 1 N–H and O–H groups in total. The minimum Gasteiger partial charge on any atom is -0.479 e. The van der Waals surface area contributed by atoms with E-state index in [4.69, 9.17) is 9.84 Å². The zero-order valence-electron chi connectivity index (χ0n) is 7.89. The molecule has 1 aliphatic heterocycles. The number of rotatable bonds is 2. The molecule has 0 aliphatic carbocycles. The van der Waals surface area contributed by atoms with Gasteiger partial charge >= 0.3 is 5.97 Å². The van der Waals surface area contributed by atoms with Gasteiger partial charge in [-0.15, -0.1) is 0 Å². The van der Waals surface area contributed by atoms with Gasteiger partial charge in [-0.25, -0.2) is 4.79 Å². The molecule has 1 aliphatic rings. The van der Waals surface area contributed by atoms with Crippen molar-refractivity contribution < 1.29 is 14.6 Å². The maximum atomic E-state index is 10.8. The van der Waals surface area contributed by atoms with Gasteiger partial charge in [0.15, 0.2) is 5.60 Å². The first-order valence-electron chi connectivity index (χ1n) is 4.35. The second-order valence-electron chi connectivity index (χ2n) is 3.94. The molecule has 1 heterocycles. The topological polar surface area (TPSA) is 46.5 Å². The Morgan fingerprint density at radius 2 is 2.08 bits per heavy atom. The highest BCUT2D eigenvalue weighted by molar-refractivity contribution is 5.77. The first kappa shape index (κ1) is 9.52. The van der Waals surface area contributed by atoms with Crippen molar-refractivity contribution in [1.29, 1.82) is 0 Å². The predicted octanol–water partition coefficient (Wildman–Crippen LogP) is 1.81. The Morgan fingerprint density at radius 1 is 1.50 bits per heavy atom. The third kappa shape index (κ3) is 1.46. The van der Waals surface area contributed by atoms with Gasteiger partial charge in [-0.3, -0.25) is 0 Å². The minimum atomic E-state index is -0.954. The van der Waals surface area contributed by atoms with Crippen LogP contribution in [0.2, 0.25) is 0 Å². The fraction of sp³-hybridized carbons (Fsp3) is 0.889. The molecule has 0 saturated carbocycles. The van der Waals surface area contributed by atoms with Gasteiger partial charge in [0, 0.05) is 0 Å². The van der Waals surface area contributed by atoms with E-state index in [9.17, 15) is 4.79 Å². The van der Waals surface area contributed by atoms with Crippen molar-refractivity contribution in [3.05, 3.63) is 0 Å². The van der Waals surface area contributed by atoms with Gasteiger partial charge in [-0.05, 0) is 33.1 Å². The molecule has 0 aromatic heterocycles. The van der Waals surface area contributed by atoms with Crippen LogP contribution in [-0.4, -0.2) is 22.3 Å². The van der Waals surface area contributed by atoms with Crippen LogP contribution in [0.3, 0.4) is 0 Å². The van der Waals surface area contributed by atoms with Gasteiger partial charge in [0.2, 0.25) is 0 Å². The summed E-state index contributed by atoms with van der Waals surface area (Å²) in [7, 11) is 0. The first-order valence-corrected chi connectivity index (χ1v) is 4.35. The Labute approximate surface area is 72.7 Å². The predicted molar refractivity (Wildman–Crippen MR) is 45.1 cm³/mol. The number of ether oxygens (including phenoxy) is 1. The van der Waals surface area contributed by atoms with Crippen LogP contribution < -0.4 is 0 Å². The molecular weight excluding hydrogens is 156 g/mol. The molecule has 1 fully saturated rings. The highest BCUT2D eigenvalue weighted by atomic mass is 16.6. The van der Waals surface area contributed by atoms with Crippen LogP contribution in [0.15, 0.2) is 0 Å². The molecule has 2 unspecified atom stereocenters. The fourth-order valence-electron chi connectivity index (χ4n) is 1.55. The molecule has 70 valence electrons. The van der Waals surface area contributed by atoms with Gasteiger partial charge in [-0.1, -0.05) is 6.92 Å². The minimum absolute atomic E-state index is 0.229. The van der Waals surface area contributed by atoms with E-state index in [1.165, 1.54) is 0 Å². The third-order valence-electron chi connectivity index (χ3n) is 2.80. The van der Waals surface area contributed by atoms with Gasteiger partial charge in [0.25, 0.3) is 0 Å². The molecular formula is C9H16O3. The summed E-state index contributed by atoms with van der Waals surface area (Å²) in [5, 5.41) is 8.88. The van der Waals surface area contributed by atoms with Crippen LogP contribution in [0.4, 0.5) is 0 Å². The summed E-state index contributed by atoms with van der Waals surface area (Å²) in [6.07, 6.45) is 2.33.